The molecular formula is C12H11ClN2O3. The molecular weight excluding hydrogens is 256 g/mol. The molecule has 5 nitrogen and oxygen atoms in total. The highest BCUT2D eigenvalue weighted by molar-refractivity contribution is 6.35. The van der Waals surface area contributed by atoms with Crippen molar-refractivity contribution in [3.05, 3.63) is 32.8 Å². The Labute approximate surface area is 108 Å². The Morgan fingerprint density at radius 1 is 1.33 bits per heavy atom. The zero-order chi connectivity index (χ0) is 12.9. The largest absolute Gasteiger partial charge is 0.324 e. The van der Waals surface area contributed by atoms with Crippen molar-refractivity contribution in [1.82, 2.24) is 0 Å². The van der Waals surface area contributed by atoms with E-state index >= 15 is 0 Å². The standard InChI is InChI=1S/C12H11ClN2O3/c13-9-6-7(15(17)18)5-8-10(9)14-11(16)12(8)3-1-2-4-12/h5-6H,1-4H2,(H,14,16). The van der Waals surface area contributed by atoms with E-state index in [1.165, 1.54) is 12.1 Å². The molecule has 1 aromatic rings. The van der Waals surface area contributed by atoms with Gasteiger partial charge < -0.3 is 5.32 Å². The summed E-state index contributed by atoms with van der Waals surface area (Å²) in [6.45, 7) is 0. The molecule has 0 radical (unpaired) electrons. The first-order chi connectivity index (χ1) is 8.54. The minimum Gasteiger partial charge on any atom is -0.324 e. The molecule has 1 aromatic carbocycles. The first-order valence-electron chi connectivity index (χ1n) is 5.84. The molecule has 1 aliphatic carbocycles. The average molecular weight is 267 g/mol. The first-order valence-corrected chi connectivity index (χ1v) is 6.22. The third-order valence-electron chi connectivity index (χ3n) is 3.93. The van der Waals surface area contributed by atoms with E-state index in [9.17, 15) is 14.9 Å². The van der Waals surface area contributed by atoms with Crippen molar-refractivity contribution in [2.24, 2.45) is 0 Å². The Hall–Kier alpha value is -1.62. The summed E-state index contributed by atoms with van der Waals surface area (Å²) in [4.78, 5) is 22.6. The number of nitrogens with zero attached hydrogens (tertiary/aromatic N) is 1. The Morgan fingerprint density at radius 2 is 2.00 bits per heavy atom. The number of halogens is 1. The fraction of sp³-hybridized carbons (Fsp3) is 0.417. The van der Waals surface area contributed by atoms with E-state index in [2.05, 4.69) is 5.32 Å². The molecule has 0 saturated heterocycles. The highest BCUT2D eigenvalue weighted by Gasteiger charge is 2.49. The molecule has 0 unspecified atom stereocenters. The molecule has 1 aliphatic heterocycles. The zero-order valence-corrected chi connectivity index (χ0v) is 10.3. The number of carbonyl (C=O) groups excluding carboxylic acids is 1. The topological polar surface area (TPSA) is 72.2 Å². The summed E-state index contributed by atoms with van der Waals surface area (Å²) >= 11 is 6.03. The first kappa shape index (κ1) is 11.5. The Kier molecular flexibility index (Phi) is 2.35. The van der Waals surface area contributed by atoms with Crippen molar-refractivity contribution in [1.29, 1.82) is 0 Å². The number of nitro groups is 1. The molecule has 0 aromatic heterocycles. The third-order valence-corrected chi connectivity index (χ3v) is 4.23. The van der Waals surface area contributed by atoms with Gasteiger partial charge in [-0.25, -0.2) is 0 Å². The summed E-state index contributed by atoms with van der Waals surface area (Å²) in [6, 6.07) is 2.78. The predicted molar refractivity (Wildman–Crippen MR) is 66.9 cm³/mol. The summed E-state index contributed by atoms with van der Waals surface area (Å²) < 4.78 is 0. The van der Waals surface area contributed by atoms with E-state index in [0.29, 0.717) is 11.3 Å². The van der Waals surface area contributed by atoms with Crippen molar-refractivity contribution >= 4 is 28.9 Å². The van der Waals surface area contributed by atoms with Gasteiger partial charge in [0.2, 0.25) is 5.91 Å². The molecule has 1 spiro atoms. The SMILES string of the molecule is O=C1Nc2c(Cl)cc([N+](=O)[O-])cc2C12CCCC2. The van der Waals surface area contributed by atoms with Crippen molar-refractivity contribution in [2.45, 2.75) is 31.1 Å². The second-order valence-electron chi connectivity index (χ2n) is 4.85. The summed E-state index contributed by atoms with van der Waals surface area (Å²) in [5.41, 5.74) is 0.602. The summed E-state index contributed by atoms with van der Waals surface area (Å²) in [7, 11) is 0. The molecule has 1 fully saturated rings. The molecule has 2 aliphatic rings. The predicted octanol–water partition coefficient (Wildman–Crippen LogP) is 3.01. The van der Waals surface area contributed by atoms with Crippen LogP contribution < -0.4 is 5.32 Å². The fourth-order valence-corrected chi connectivity index (χ4v) is 3.29. The number of anilines is 1. The highest BCUT2D eigenvalue weighted by Crippen LogP contribution is 2.51. The maximum Gasteiger partial charge on any atom is 0.271 e. The van der Waals surface area contributed by atoms with Crippen LogP contribution in [-0.2, 0) is 10.2 Å². The van der Waals surface area contributed by atoms with Gasteiger partial charge in [0.15, 0.2) is 0 Å². The number of hydrogen-bond donors (Lipinski definition) is 1. The van der Waals surface area contributed by atoms with Gasteiger partial charge in [-0.3, -0.25) is 14.9 Å². The van der Waals surface area contributed by atoms with Gasteiger partial charge >= 0.3 is 0 Å². The van der Waals surface area contributed by atoms with Crippen LogP contribution in [0.2, 0.25) is 5.02 Å². The van der Waals surface area contributed by atoms with E-state index in [1.54, 1.807) is 0 Å². The maximum absolute atomic E-state index is 12.1. The number of benzene rings is 1. The van der Waals surface area contributed by atoms with E-state index in [0.717, 1.165) is 25.7 Å². The van der Waals surface area contributed by atoms with Crippen molar-refractivity contribution < 1.29 is 9.72 Å². The van der Waals surface area contributed by atoms with Gasteiger partial charge in [0.1, 0.15) is 0 Å². The molecule has 1 N–H and O–H groups in total. The lowest BCUT2D eigenvalue weighted by Crippen LogP contribution is -2.30. The van der Waals surface area contributed by atoms with E-state index in [1.807, 2.05) is 0 Å². The van der Waals surface area contributed by atoms with Gasteiger partial charge in [-0.1, -0.05) is 24.4 Å². The summed E-state index contributed by atoms with van der Waals surface area (Å²) in [6.07, 6.45) is 3.41. The van der Waals surface area contributed by atoms with Gasteiger partial charge in [0.05, 0.1) is 21.0 Å². The number of nitro benzene ring substituents is 1. The molecule has 1 amide bonds. The van der Waals surface area contributed by atoms with Gasteiger partial charge in [-0.15, -0.1) is 0 Å². The zero-order valence-electron chi connectivity index (χ0n) is 9.53. The van der Waals surface area contributed by atoms with E-state index < -0.39 is 10.3 Å². The average Bonchev–Trinajstić information content (AvgIpc) is 2.90. The Morgan fingerprint density at radius 3 is 2.61 bits per heavy atom. The lowest BCUT2D eigenvalue weighted by atomic mass is 9.80. The van der Waals surface area contributed by atoms with Gasteiger partial charge in [0, 0.05) is 12.1 Å². The van der Waals surface area contributed by atoms with Crippen LogP contribution in [0.4, 0.5) is 11.4 Å². The lowest BCUT2D eigenvalue weighted by Gasteiger charge is -2.20. The molecule has 18 heavy (non-hydrogen) atoms. The lowest BCUT2D eigenvalue weighted by molar-refractivity contribution is -0.384. The van der Waals surface area contributed by atoms with Crippen LogP contribution in [0.25, 0.3) is 0 Å². The normalized spacial score (nSPS) is 19.9. The van der Waals surface area contributed by atoms with Crippen LogP contribution in [0.5, 0.6) is 0 Å². The fourth-order valence-electron chi connectivity index (χ4n) is 3.03. The molecule has 3 rings (SSSR count). The quantitative estimate of drug-likeness (QED) is 0.627. The number of rotatable bonds is 1. The highest BCUT2D eigenvalue weighted by atomic mass is 35.5. The minimum atomic E-state index is -0.592. The third kappa shape index (κ3) is 1.37. The van der Waals surface area contributed by atoms with Crippen LogP contribution in [0.1, 0.15) is 31.2 Å². The number of amides is 1. The number of non-ortho nitro benzene ring substituents is 1. The second-order valence-corrected chi connectivity index (χ2v) is 5.26. The van der Waals surface area contributed by atoms with Crippen LogP contribution in [0.15, 0.2) is 12.1 Å². The van der Waals surface area contributed by atoms with Gasteiger partial charge in [-0.05, 0) is 18.4 Å². The molecule has 0 bridgehead atoms. The molecule has 1 heterocycles. The van der Waals surface area contributed by atoms with Crippen LogP contribution in [0, 0.1) is 10.1 Å². The maximum atomic E-state index is 12.1. The van der Waals surface area contributed by atoms with E-state index in [4.69, 9.17) is 11.6 Å². The van der Waals surface area contributed by atoms with Crippen molar-refractivity contribution in [3.63, 3.8) is 0 Å². The Balaban J connectivity index is 2.22. The van der Waals surface area contributed by atoms with Crippen molar-refractivity contribution in [3.8, 4) is 0 Å². The Bertz CT molecular complexity index is 565. The number of hydrogen-bond acceptors (Lipinski definition) is 3. The smallest absolute Gasteiger partial charge is 0.271 e. The number of carbonyl (C=O) groups is 1. The van der Waals surface area contributed by atoms with E-state index in [-0.39, 0.29) is 16.6 Å². The summed E-state index contributed by atoms with van der Waals surface area (Å²) in [5.74, 6) is -0.0719. The minimum absolute atomic E-state index is 0.0541. The molecule has 1 saturated carbocycles. The van der Waals surface area contributed by atoms with Gasteiger partial charge in [-0.2, -0.15) is 0 Å². The second kappa shape index (κ2) is 3.68. The van der Waals surface area contributed by atoms with Crippen LogP contribution >= 0.6 is 11.6 Å². The monoisotopic (exact) mass is 266 g/mol. The van der Waals surface area contributed by atoms with Gasteiger partial charge in [0.25, 0.3) is 5.69 Å². The molecule has 6 heteroatoms. The molecule has 94 valence electrons. The van der Waals surface area contributed by atoms with Crippen molar-refractivity contribution in [2.75, 3.05) is 5.32 Å². The number of fused-ring (bicyclic) bond motifs is 2. The summed E-state index contributed by atoms with van der Waals surface area (Å²) in [5, 5.41) is 13.9. The molecule has 0 atom stereocenters. The number of nitrogens with one attached hydrogen (secondary N) is 1. The van der Waals surface area contributed by atoms with Crippen LogP contribution in [-0.4, -0.2) is 10.8 Å². The van der Waals surface area contributed by atoms with Crippen LogP contribution in [0.3, 0.4) is 0 Å².